The molecule has 0 aliphatic heterocycles. The van der Waals surface area contributed by atoms with E-state index in [1.165, 1.54) is 12.8 Å². The molecule has 0 aromatic heterocycles. The molecule has 0 radical (unpaired) electrons. The molecule has 1 saturated carbocycles. The molecular formula is C17H26N2O2. The van der Waals surface area contributed by atoms with E-state index < -0.39 is 5.60 Å². The lowest BCUT2D eigenvalue weighted by Crippen LogP contribution is -2.34. The molecule has 0 atom stereocenters. The second kappa shape index (κ2) is 6.37. The van der Waals surface area contributed by atoms with Crippen LogP contribution in [0.25, 0.3) is 0 Å². The van der Waals surface area contributed by atoms with Crippen molar-refractivity contribution >= 4 is 11.8 Å². The van der Waals surface area contributed by atoms with Crippen LogP contribution in [-0.2, 0) is 11.3 Å². The maximum atomic E-state index is 11.6. The molecule has 0 unspecified atom stereocenters. The summed E-state index contributed by atoms with van der Waals surface area (Å²) in [6.45, 7) is 8.33. The molecule has 1 aromatic carbocycles. The second-order valence-corrected chi connectivity index (χ2v) is 6.97. The minimum Gasteiger partial charge on any atom is -0.444 e. The summed E-state index contributed by atoms with van der Waals surface area (Å²) >= 11 is 0. The maximum Gasteiger partial charge on any atom is 0.407 e. The number of amides is 1. The van der Waals surface area contributed by atoms with E-state index in [4.69, 9.17) is 4.74 Å². The van der Waals surface area contributed by atoms with Gasteiger partial charge in [-0.3, -0.25) is 0 Å². The van der Waals surface area contributed by atoms with Crippen LogP contribution >= 0.6 is 0 Å². The minimum absolute atomic E-state index is 0.381. The van der Waals surface area contributed by atoms with Gasteiger partial charge in [0.1, 0.15) is 5.60 Å². The molecule has 116 valence electrons. The predicted octanol–water partition coefficient (Wildman–Crippen LogP) is 3.92. The first kappa shape index (κ1) is 15.7. The summed E-state index contributed by atoms with van der Waals surface area (Å²) in [7, 11) is 0. The monoisotopic (exact) mass is 290 g/mol. The van der Waals surface area contributed by atoms with E-state index in [0.717, 1.165) is 17.2 Å². The number of anilines is 1. The van der Waals surface area contributed by atoms with E-state index in [-0.39, 0.29) is 6.09 Å². The largest absolute Gasteiger partial charge is 0.444 e. The van der Waals surface area contributed by atoms with Gasteiger partial charge in [0.25, 0.3) is 0 Å². The average Bonchev–Trinajstić information content (AvgIpc) is 2.33. The quantitative estimate of drug-likeness (QED) is 0.883. The Morgan fingerprint density at radius 3 is 2.67 bits per heavy atom. The van der Waals surface area contributed by atoms with Gasteiger partial charge < -0.3 is 15.4 Å². The number of rotatable bonds is 4. The number of hydrogen-bond acceptors (Lipinski definition) is 3. The summed E-state index contributed by atoms with van der Waals surface area (Å²) in [5.41, 5.74) is 1.72. The van der Waals surface area contributed by atoms with Crippen molar-refractivity contribution in [2.24, 2.45) is 5.92 Å². The molecule has 21 heavy (non-hydrogen) atoms. The predicted molar refractivity (Wildman–Crippen MR) is 85.3 cm³/mol. The van der Waals surface area contributed by atoms with E-state index in [2.05, 4.69) is 29.7 Å². The summed E-state index contributed by atoms with van der Waals surface area (Å²) < 4.78 is 5.23. The highest BCUT2D eigenvalue weighted by molar-refractivity contribution is 5.67. The average molecular weight is 290 g/mol. The molecule has 4 nitrogen and oxygen atoms in total. The Hall–Kier alpha value is -1.71. The van der Waals surface area contributed by atoms with Gasteiger partial charge in [-0.1, -0.05) is 19.1 Å². The molecule has 0 spiro atoms. The number of carbonyl (C=O) groups is 1. The lowest BCUT2D eigenvalue weighted by Gasteiger charge is -2.34. The zero-order valence-corrected chi connectivity index (χ0v) is 13.4. The van der Waals surface area contributed by atoms with Crippen LogP contribution in [0.15, 0.2) is 24.3 Å². The Morgan fingerprint density at radius 1 is 1.33 bits per heavy atom. The fourth-order valence-corrected chi connectivity index (χ4v) is 2.52. The lowest BCUT2D eigenvalue weighted by atomic mass is 9.82. The summed E-state index contributed by atoms with van der Waals surface area (Å²) in [6, 6.07) is 8.76. The van der Waals surface area contributed by atoms with Crippen molar-refractivity contribution in [1.29, 1.82) is 0 Å². The standard InChI is InChI=1S/C17H26N2O2/c1-12-8-15(9-12)19-14-7-5-6-13(10-14)11-18-16(20)21-17(2,3)4/h5-7,10,12,15,19H,8-9,11H2,1-4H3,(H,18,20). The first-order chi connectivity index (χ1) is 9.82. The van der Waals surface area contributed by atoms with Crippen LogP contribution in [0.2, 0.25) is 0 Å². The number of alkyl carbamates (subject to hydrolysis) is 1. The molecule has 0 heterocycles. The van der Waals surface area contributed by atoms with Crippen molar-refractivity contribution in [3.8, 4) is 0 Å². The van der Waals surface area contributed by atoms with Crippen LogP contribution in [-0.4, -0.2) is 17.7 Å². The van der Waals surface area contributed by atoms with Crippen LogP contribution in [0, 0.1) is 5.92 Å². The first-order valence-corrected chi connectivity index (χ1v) is 7.64. The van der Waals surface area contributed by atoms with Crippen molar-refractivity contribution < 1.29 is 9.53 Å². The van der Waals surface area contributed by atoms with Gasteiger partial charge in [0, 0.05) is 18.3 Å². The molecule has 1 aromatic rings. The number of ether oxygens (including phenoxy) is 1. The van der Waals surface area contributed by atoms with Crippen molar-refractivity contribution in [3.63, 3.8) is 0 Å². The third-order valence-electron chi connectivity index (χ3n) is 3.51. The van der Waals surface area contributed by atoms with E-state index in [1.54, 1.807) is 0 Å². The smallest absolute Gasteiger partial charge is 0.407 e. The van der Waals surface area contributed by atoms with Crippen molar-refractivity contribution in [2.75, 3.05) is 5.32 Å². The van der Waals surface area contributed by atoms with E-state index in [0.29, 0.717) is 12.6 Å². The Morgan fingerprint density at radius 2 is 2.05 bits per heavy atom. The molecule has 0 bridgehead atoms. The summed E-state index contributed by atoms with van der Waals surface area (Å²) in [5.74, 6) is 0.833. The van der Waals surface area contributed by atoms with Crippen LogP contribution in [0.1, 0.15) is 46.1 Å². The first-order valence-electron chi connectivity index (χ1n) is 7.64. The maximum absolute atomic E-state index is 11.6. The third kappa shape index (κ3) is 5.29. The summed E-state index contributed by atoms with van der Waals surface area (Å²) in [4.78, 5) is 11.6. The third-order valence-corrected chi connectivity index (χ3v) is 3.51. The Labute approximate surface area is 127 Å². The molecule has 4 heteroatoms. The fourth-order valence-electron chi connectivity index (χ4n) is 2.52. The van der Waals surface area contributed by atoms with Gasteiger partial charge in [-0.25, -0.2) is 4.79 Å². The van der Waals surface area contributed by atoms with Crippen molar-refractivity contribution in [1.82, 2.24) is 5.32 Å². The SMILES string of the molecule is CC1CC(Nc2cccc(CNC(=O)OC(C)(C)C)c2)C1. The lowest BCUT2D eigenvalue weighted by molar-refractivity contribution is 0.0523. The molecule has 1 fully saturated rings. The van der Waals surface area contributed by atoms with Crippen LogP contribution in [0.3, 0.4) is 0 Å². The number of benzene rings is 1. The summed E-state index contributed by atoms with van der Waals surface area (Å²) in [6.07, 6.45) is 2.09. The molecule has 2 N–H and O–H groups in total. The fraction of sp³-hybridized carbons (Fsp3) is 0.588. The van der Waals surface area contributed by atoms with Gasteiger partial charge in [-0.05, 0) is 57.2 Å². The number of hydrogen-bond donors (Lipinski definition) is 2. The van der Waals surface area contributed by atoms with Crippen molar-refractivity contribution in [2.45, 2.75) is 58.7 Å². The van der Waals surface area contributed by atoms with Crippen LogP contribution < -0.4 is 10.6 Å². The van der Waals surface area contributed by atoms with Gasteiger partial charge in [0.2, 0.25) is 0 Å². The normalized spacial score (nSPS) is 21.3. The Balaban J connectivity index is 1.82. The number of carbonyl (C=O) groups excluding carboxylic acids is 1. The zero-order chi connectivity index (χ0) is 15.5. The van der Waals surface area contributed by atoms with E-state index in [9.17, 15) is 4.79 Å². The van der Waals surface area contributed by atoms with E-state index in [1.807, 2.05) is 32.9 Å². The van der Waals surface area contributed by atoms with Crippen LogP contribution in [0.4, 0.5) is 10.5 Å². The minimum atomic E-state index is -0.464. The second-order valence-electron chi connectivity index (χ2n) is 6.97. The summed E-state index contributed by atoms with van der Waals surface area (Å²) in [5, 5.41) is 6.31. The highest BCUT2D eigenvalue weighted by Gasteiger charge is 2.24. The zero-order valence-electron chi connectivity index (χ0n) is 13.4. The molecule has 1 amide bonds. The van der Waals surface area contributed by atoms with Gasteiger partial charge in [0.15, 0.2) is 0 Å². The van der Waals surface area contributed by atoms with Gasteiger partial charge in [-0.2, -0.15) is 0 Å². The van der Waals surface area contributed by atoms with E-state index >= 15 is 0 Å². The Bertz CT molecular complexity index is 488. The molecule has 1 aliphatic carbocycles. The molecular weight excluding hydrogens is 264 g/mol. The highest BCUT2D eigenvalue weighted by Crippen LogP contribution is 2.29. The molecule has 1 aliphatic rings. The van der Waals surface area contributed by atoms with Gasteiger partial charge >= 0.3 is 6.09 Å². The van der Waals surface area contributed by atoms with Crippen molar-refractivity contribution in [3.05, 3.63) is 29.8 Å². The highest BCUT2D eigenvalue weighted by atomic mass is 16.6. The molecule has 0 saturated heterocycles. The topological polar surface area (TPSA) is 50.4 Å². The molecule has 2 rings (SSSR count). The number of nitrogens with one attached hydrogen (secondary N) is 2. The Kier molecular flexibility index (Phi) is 4.76. The van der Waals surface area contributed by atoms with Crippen LogP contribution in [0.5, 0.6) is 0 Å². The van der Waals surface area contributed by atoms with Gasteiger partial charge in [-0.15, -0.1) is 0 Å². The van der Waals surface area contributed by atoms with Gasteiger partial charge in [0.05, 0.1) is 0 Å².